The van der Waals surface area contributed by atoms with Gasteiger partial charge in [-0.15, -0.1) is 0 Å². The van der Waals surface area contributed by atoms with Crippen LogP contribution in [0.2, 0.25) is 0 Å². The maximum Gasteiger partial charge on any atom is 0.244 e. The van der Waals surface area contributed by atoms with E-state index in [1.54, 1.807) is 30.3 Å². The summed E-state index contributed by atoms with van der Waals surface area (Å²) in [5, 5.41) is 7.48. The lowest BCUT2D eigenvalue weighted by atomic mass is 10.1. The first kappa shape index (κ1) is 19.8. The average Bonchev–Trinajstić information content (AvgIpc) is 3.39. The molecule has 6 heteroatoms. The molecule has 1 aromatic heterocycles. The molecule has 6 nitrogen and oxygen atoms in total. The Labute approximate surface area is 186 Å². The van der Waals surface area contributed by atoms with Gasteiger partial charge in [-0.25, -0.2) is 9.67 Å². The standard InChI is InChI=1S/C26H22N4O2/c1-17-27-16-30(29-17)23-13-11-18(15-24(23)32-2)12-14-25(31)28-26-21-9-5-3-7-19(21)20-8-4-6-10-22(20)26/h3-16,26H,1-2H3,(H,28,31). The van der Waals surface area contributed by atoms with E-state index in [1.807, 2.05) is 49.4 Å². The van der Waals surface area contributed by atoms with Crippen molar-refractivity contribution in [2.45, 2.75) is 13.0 Å². The summed E-state index contributed by atoms with van der Waals surface area (Å²) in [5.74, 6) is 1.18. The molecule has 3 aromatic carbocycles. The first-order valence-corrected chi connectivity index (χ1v) is 10.4. The van der Waals surface area contributed by atoms with Crippen LogP contribution in [0.5, 0.6) is 5.75 Å². The van der Waals surface area contributed by atoms with Crippen LogP contribution in [0.1, 0.15) is 28.6 Å². The van der Waals surface area contributed by atoms with E-state index in [4.69, 9.17) is 4.74 Å². The van der Waals surface area contributed by atoms with E-state index in [0.717, 1.165) is 22.4 Å². The second-order valence-corrected chi connectivity index (χ2v) is 7.62. The number of hydrogen-bond acceptors (Lipinski definition) is 4. The molecule has 4 aromatic rings. The number of carbonyl (C=O) groups is 1. The summed E-state index contributed by atoms with van der Waals surface area (Å²) < 4.78 is 7.19. The first-order valence-electron chi connectivity index (χ1n) is 10.4. The highest BCUT2D eigenvalue weighted by atomic mass is 16.5. The van der Waals surface area contributed by atoms with E-state index in [0.29, 0.717) is 11.6 Å². The van der Waals surface area contributed by atoms with Crippen molar-refractivity contribution in [3.05, 3.63) is 102 Å². The first-order chi connectivity index (χ1) is 15.6. The second kappa shape index (κ2) is 8.15. The molecule has 0 fully saturated rings. The van der Waals surface area contributed by atoms with Crippen molar-refractivity contribution in [1.29, 1.82) is 0 Å². The van der Waals surface area contributed by atoms with Crippen molar-refractivity contribution in [3.8, 4) is 22.6 Å². The molecule has 0 unspecified atom stereocenters. The fourth-order valence-corrected chi connectivity index (χ4v) is 4.12. The van der Waals surface area contributed by atoms with Gasteiger partial charge in [-0.1, -0.05) is 54.6 Å². The van der Waals surface area contributed by atoms with Gasteiger partial charge in [0.1, 0.15) is 23.6 Å². The van der Waals surface area contributed by atoms with Gasteiger partial charge in [-0.2, -0.15) is 5.10 Å². The molecule has 32 heavy (non-hydrogen) atoms. The number of hydrogen-bond donors (Lipinski definition) is 1. The Hall–Kier alpha value is -4.19. The Balaban J connectivity index is 1.36. The van der Waals surface area contributed by atoms with E-state index in [2.05, 4.69) is 39.7 Å². The quantitative estimate of drug-likeness (QED) is 0.482. The molecule has 0 bridgehead atoms. The normalized spacial score (nSPS) is 12.6. The van der Waals surface area contributed by atoms with E-state index in [9.17, 15) is 4.79 Å². The molecule has 5 rings (SSSR count). The van der Waals surface area contributed by atoms with Crippen LogP contribution >= 0.6 is 0 Å². The van der Waals surface area contributed by atoms with Gasteiger partial charge >= 0.3 is 0 Å². The fraction of sp³-hybridized carbons (Fsp3) is 0.115. The fourth-order valence-electron chi connectivity index (χ4n) is 4.12. The van der Waals surface area contributed by atoms with Crippen LogP contribution in [0.25, 0.3) is 22.9 Å². The molecule has 158 valence electrons. The molecule has 0 aliphatic heterocycles. The van der Waals surface area contributed by atoms with Crippen molar-refractivity contribution < 1.29 is 9.53 Å². The summed E-state index contributed by atoms with van der Waals surface area (Å²) in [7, 11) is 1.61. The number of methoxy groups -OCH3 is 1. The van der Waals surface area contributed by atoms with E-state index in [1.165, 1.54) is 11.1 Å². The SMILES string of the molecule is COc1cc(C=CC(=O)NC2c3ccccc3-c3ccccc32)ccc1-n1cnc(C)n1. The third kappa shape index (κ3) is 3.56. The summed E-state index contributed by atoms with van der Waals surface area (Å²) in [4.78, 5) is 16.9. The Bertz CT molecular complexity index is 1290. The van der Waals surface area contributed by atoms with Crippen LogP contribution in [-0.2, 0) is 4.79 Å². The number of ether oxygens (including phenoxy) is 1. The highest BCUT2D eigenvalue weighted by molar-refractivity contribution is 5.93. The molecule has 0 saturated carbocycles. The number of fused-ring (bicyclic) bond motifs is 3. The van der Waals surface area contributed by atoms with Crippen LogP contribution in [0.4, 0.5) is 0 Å². The maximum atomic E-state index is 12.8. The zero-order valence-electron chi connectivity index (χ0n) is 17.8. The summed E-state index contributed by atoms with van der Waals surface area (Å²) in [5.41, 5.74) is 6.20. The van der Waals surface area contributed by atoms with Gasteiger partial charge in [-0.3, -0.25) is 4.79 Å². The van der Waals surface area contributed by atoms with Crippen LogP contribution in [0.3, 0.4) is 0 Å². The largest absolute Gasteiger partial charge is 0.494 e. The van der Waals surface area contributed by atoms with E-state index in [-0.39, 0.29) is 11.9 Å². The maximum absolute atomic E-state index is 12.8. The molecule has 1 amide bonds. The number of benzene rings is 3. The highest BCUT2D eigenvalue weighted by Gasteiger charge is 2.28. The van der Waals surface area contributed by atoms with Crippen molar-refractivity contribution in [2.75, 3.05) is 7.11 Å². The molecule has 1 heterocycles. The lowest BCUT2D eigenvalue weighted by Crippen LogP contribution is -2.26. The molecule has 1 aliphatic rings. The van der Waals surface area contributed by atoms with Gasteiger partial charge in [0.2, 0.25) is 5.91 Å². The predicted octanol–water partition coefficient (Wildman–Crippen LogP) is 4.48. The Morgan fingerprint density at radius 2 is 1.72 bits per heavy atom. The predicted molar refractivity (Wildman–Crippen MR) is 124 cm³/mol. The van der Waals surface area contributed by atoms with Crippen LogP contribution in [0.15, 0.2) is 79.1 Å². The molecular formula is C26H22N4O2. The monoisotopic (exact) mass is 422 g/mol. The van der Waals surface area contributed by atoms with E-state index >= 15 is 0 Å². The summed E-state index contributed by atoms with van der Waals surface area (Å²) >= 11 is 0. The number of nitrogens with zero attached hydrogens (tertiary/aromatic N) is 3. The van der Waals surface area contributed by atoms with Crippen LogP contribution in [-0.4, -0.2) is 27.8 Å². The molecule has 1 N–H and O–H groups in total. The van der Waals surface area contributed by atoms with Gasteiger partial charge in [0, 0.05) is 6.08 Å². The van der Waals surface area contributed by atoms with Crippen LogP contribution in [0, 0.1) is 6.92 Å². The lowest BCUT2D eigenvalue weighted by molar-refractivity contribution is -0.116. The number of amides is 1. The molecule has 0 spiro atoms. The second-order valence-electron chi connectivity index (χ2n) is 7.62. The number of carbonyl (C=O) groups excluding carboxylic acids is 1. The highest BCUT2D eigenvalue weighted by Crippen LogP contribution is 2.42. The Morgan fingerprint density at radius 1 is 1.03 bits per heavy atom. The van der Waals surface area contributed by atoms with Gasteiger partial charge in [0.25, 0.3) is 0 Å². The molecule has 0 radical (unpaired) electrons. The van der Waals surface area contributed by atoms with Gasteiger partial charge in [0.15, 0.2) is 0 Å². The Morgan fingerprint density at radius 3 is 2.34 bits per heavy atom. The van der Waals surface area contributed by atoms with Crippen molar-refractivity contribution >= 4 is 12.0 Å². The number of aromatic nitrogens is 3. The van der Waals surface area contributed by atoms with Gasteiger partial charge in [-0.05, 0) is 52.9 Å². The van der Waals surface area contributed by atoms with Crippen molar-refractivity contribution in [1.82, 2.24) is 20.1 Å². The van der Waals surface area contributed by atoms with Crippen molar-refractivity contribution in [2.24, 2.45) is 0 Å². The minimum atomic E-state index is -0.160. The van der Waals surface area contributed by atoms with Gasteiger partial charge in [0.05, 0.1) is 13.2 Å². The lowest BCUT2D eigenvalue weighted by Gasteiger charge is -2.14. The molecule has 0 atom stereocenters. The number of aryl methyl sites for hydroxylation is 1. The Kier molecular flexibility index (Phi) is 5.03. The number of nitrogens with one attached hydrogen (secondary N) is 1. The third-order valence-electron chi connectivity index (χ3n) is 5.60. The summed E-state index contributed by atoms with van der Waals surface area (Å²) in [6.07, 6.45) is 4.98. The molecule has 1 aliphatic carbocycles. The summed E-state index contributed by atoms with van der Waals surface area (Å²) in [6, 6.07) is 21.9. The molecule has 0 saturated heterocycles. The number of rotatable bonds is 5. The third-order valence-corrected chi connectivity index (χ3v) is 5.60. The minimum absolute atomic E-state index is 0.156. The van der Waals surface area contributed by atoms with E-state index < -0.39 is 0 Å². The minimum Gasteiger partial charge on any atom is -0.494 e. The van der Waals surface area contributed by atoms with Crippen LogP contribution < -0.4 is 10.1 Å². The topological polar surface area (TPSA) is 69.0 Å². The zero-order valence-corrected chi connectivity index (χ0v) is 17.8. The average molecular weight is 422 g/mol. The summed E-state index contributed by atoms with van der Waals surface area (Å²) in [6.45, 7) is 1.83. The smallest absolute Gasteiger partial charge is 0.244 e. The van der Waals surface area contributed by atoms with Gasteiger partial charge < -0.3 is 10.1 Å². The zero-order chi connectivity index (χ0) is 22.1. The molecular weight excluding hydrogens is 400 g/mol. The van der Waals surface area contributed by atoms with Crippen molar-refractivity contribution in [3.63, 3.8) is 0 Å².